The minimum atomic E-state index is -0.134. The average Bonchev–Trinajstić information content (AvgIpc) is 2.97. The standard InChI is InChI=1S/C9H9ClN4O2S/c10-2-6-4-17-9(13-6)1-8(15)11-3-7-12-5-16-14-7/h4-5H,1-3H2,(H,11,15). The van der Waals surface area contributed by atoms with E-state index in [9.17, 15) is 4.79 Å². The van der Waals surface area contributed by atoms with E-state index >= 15 is 0 Å². The highest BCUT2D eigenvalue weighted by molar-refractivity contribution is 7.09. The van der Waals surface area contributed by atoms with Crippen molar-refractivity contribution in [2.24, 2.45) is 0 Å². The lowest BCUT2D eigenvalue weighted by Crippen LogP contribution is -2.25. The monoisotopic (exact) mass is 272 g/mol. The summed E-state index contributed by atoms with van der Waals surface area (Å²) in [6.45, 7) is 0.253. The molecule has 1 amide bonds. The van der Waals surface area contributed by atoms with E-state index in [1.807, 2.05) is 5.38 Å². The topological polar surface area (TPSA) is 80.9 Å². The number of hydrogen-bond donors (Lipinski definition) is 1. The lowest BCUT2D eigenvalue weighted by atomic mass is 10.4. The number of carbonyl (C=O) groups is 1. The third-order valence-corrected chi connectivity index (χ3v) is 3.07. The number of carbonyl (C=O) groups excluding carboxylic acids is 1. The molecule has 2 heterocycles. The van der Waals surface area contributed by atoms with Gasteiger partial charge in [-0.25, -0.2) is 4.98 Å². The molecule has 90 valence electrons. The van der Waals surface area contributed by atoms with Gasteiger partial charge in [-0.2, -0.15) is 4.98 Å². The largest absolute Gasteiger partial charge is 0.348 e. The fourth-order valence-electron chi connectivity index (χ4n) is 1.14. The minimum Gasteiger partial charge on any atom is -0.348 e. The van der Waals surface area contributed by atoms with Gasteiger partial charge >= 0.3 is 0 Å². The van der Waals surface area contributed by atoms with Crippen LogP contribution in [-0.4, -0.2) is 21.0 Å². The Morgan fingerprint density at radius 1 is 1.59 bits per heavy atom. The molecule has 0 bridgehead atoms. The molecule has 2 rings (SSSR count). The Morgan fingerprint density at radius 2 is 2.47 bits per heavy atom. The summed E-state index contributed by atoms with van der Waals surface area (Å²) in [6, 6.07) is 0. The number of aromatic nitrogens is 3. The predicted octanol–water partition coefficient (Wildman–Crippen LogP) is 1.12. The number of rotatable bonds is 5. The molecule has 0 fully saturated rings. The van der Waals surface area contributed by atoms with Crippen LogP contribution in [0, 0.1) is 0 Å². The van der Waals surface area contributed by atoms with E-state index in [2.05, 4.69) is 25.0 Å². The first kappa shape index (κ1) is 12.0. The van der Waals surface area contributed by atoms with E-state index < -0.39 is 0 Å². The SMILES string of the molecule is O=C(Cc1nc(CCl)cs1)NCc1ncon1. The van der Waals surface area contributed by atoms with Crippen LogP contribution in [0.5, 0.6) is 0 Å². The van der Waals surface area contributed by atoms with Gasteiger partial charge in [0.15, 0.2) is 5.82 Å². The fraction of sp³-hybridized carbons (Fsp3) is 0.333. The van der Waals surface area contributed by atoms with Crippen molar-refractivity contribution in [1.82, 2.24) is 20.4 Å². The predicted molar refractivity (Wildman–Crippen MR) is 61.5 cm³/mol. The van der Waals surface area contributed by atoms with Crippen molar-refractivity contribution < 1.29 is 9.32 Å². The van der Waals surface area contributed by atoms with E-state index in [1.54, 1.807) is 0 Å². The molecular formula is C9H9ClN4O2S. The zero-order valence-corrected chi connectivity index (χ0v) is 10.3. The normalized spacial score (nSPS) is 10.4. The lowest BCUT2D eigenvalue weighted by Gasteiger charge is -1.99. The van der Waals surface area contributed by atoms with Gasteiger partial charge in [-0.05, 0) is 0 Å². The number of halogens is 1. The van der Waals surface area contributed by atoms with Gasteiger partial charge in [0, 0.05) is 5.38 Å². The van der Waals surface area contributed by atoms with E-state index in [1.165, 1.54) is 17.7 Å². The Morgan fingerprint density at radius 3 is 3.12 bits per heavy atom. The molecule has 8 heteroatoms. The molecule has 0 saturated carbocycles. The average molecular weight is 273 g/mol. The van der Waals surface area contributed by atoms with Crippen LogP contribution in [-0.2, 0) is 23.6 Å². The highest BCUT2D eigenvalue weighted by Crippen LogP contribution is 2.11. The van der Waals surface area contributed by atoms with E-state index in [4.69, 9.17) is 11.6 Å². The van der Waals surface area contributed by atoms with Gasteiger partial charge in [0.25, 0.3) is 0 Å². The van der Waals surface area contributed by atoms with Gasteiger partial charge in [-0.3, -0.25) is 4.79 Å². The summed E-state index contributed by atoms with van der Waals surface area (Å²) in [5, 5.41) is 8.84. The second-order valence-electron chi connectivity index (χ2n) is 3.17. The maximum atomic E-state index is 11.5. The summed E-state index contributed by atoms with van der Waals surface area (Å²) in [5.74, 6) is 0.672. The van der Waals surface area contributed by atoms with Crippen LogP contribution in [0.25, 0.3) is 0 Å². The van der Waals surface area contributed by atoms with Gasteiger partial charge < -0.3 is 9.84 Å². The molecule has 0 aliphatic carbocycles. The summed E-state index contributed by atoms with van der Waals surface area (Å²) in [6.07, 6.45) is 1.45. The minimum absolute atomic E-state index is 0.134. The van der Waals surface area contributed by atoms with Crippen LogP contribution < -0.4 is 5.32 Å². The Balaban J connectivity index is 1.81. The summed E-state index contributed by atoms with van der Waals surface area (Å²) in [7, 11) is 0. The van der Waals surface area contributed by atoms with Crippen LogP contribution in [0.2, 0.25) is 0 Å². The molecule has 0 radical (unpaired) electrons. The van der Waals surface area contributed by atoms with Crippen LogP contribution >= 0.6 is 22.9 Å². The Hall–Kier alpha value is -1.47. The Labute approximate surface area is 106 Å². The van der Waals surface area contributed by atoms with Crippen molar-refractivity contribution in [3.05, 3.63) is 28.3 Å². The molecule has 0 aliphatic rings. The summed E-state index contributed by atoms with van der Waals surface area (Å²) in [4.78, 5) is 19.5. The van der Waals surface area contributed by atoms with Gasteiger partial charge in [0.05, 0.1) is 24.5 Å². The lowest BCUT2D eigenvalue weighted by molar-refractivity contribution is -0.120. The molecule has 17 heavy (non-hydrogen) atoms. The molecule has 2 aromatic heterocycles. The van der Waals surface area contributed by atoms with Crippen molar-refractivity contribution in [1.29, 1.82) is 0 Å². The molecule has 0 spiro atoms. The first-order valence-electron chi connectivity index (χ1n) is 4.79. The third-order valence-electron chi connectivity index (χ3n) is 1.90. The maximum absolute atomic E-state index is 11.5. The van der Waals surface area contributed by atoms with Crippen molar-refractivity contribution in [3.8, 4) is 0 Å². The molecule has 0 atom stereocenters. The number of hydrogen-bond acceptors (Lipinski definition) is 6. The van der Waals surface area contributed by atoms with Gasteiger partial charge in [-0.1, -0.05) is 5.16 Å². The second-order valence-corrected chi connectivity index (χ2v) is 4.38. The Kier molecular flexibility index (Phi) is 4.05. The van der Waals surface area contributed by atoms with E-state index in [0.29, 0.717) is 11.7 Å². The summed E-state index contributed by atoms with van der Waals surface area (Å²) in [5.41, 5.74) is 0.789. The van der Waals surface area contributed by atoms with Gasteiger partial charge in [0.2, 0.25) is 12.3 Å². The zero-order valence-electron chi connectivity index (χ0n) is 8.72. The molecule has 0 saturated heterocycles. The highest BCUT2D eigenvalue weighted by Gasteiger charge is 2.08. The third kappa shape index (κ3) is 3.50. The first-order chi connectivity index (χ1) is 8.28. The Bertz CT molecular complexity index is 485. The maximum Gasteiger partial charge on any atom is 0.227 e. The molecule has 2 aromatic rings. The molecule has 0 unspecified atom stereocenters. The number of alkyl halides is 1. The molecule has 1 N–H and O–H groups in total. The fourth-order valence-corrected chi connectivity index (χ4v) is 2.16. The second kappa shape index (κ2) is 5.74. The molecular weight excluding hydrogens is 264 g/mol. The van der Waals surface area contributed by atoms with Gasteiger partial charge in [-0.15, -0.1) is 22.9 Å². The molecule has 0 aliphatic heterocycles. The van der Waals surface area contributed by atoms with Crippen molar-refractivity contribution in [3.63, 3.8) is 0 Å². The van der Waals surface area contributed by atoms with Crippen molar-refractivity contribution in [2.75, 3.05) is 0 Å². The number of nitrogens with zero attached hydrogens (tertiary/aromatic N) is 3. The summed E-state index contributed by atoms with van der Waals surface area (Å²) < 4.78 is 4.55. The van der Waals surface area contributed by atoms with Crippen LogP contribution in [0.3, 0.4) is 0 Å². The van der Waals surface area contributed by atoms with Gasteiger partial charge in [0.1, 0.15) is 5.01 Å². The zero-order chi connectivity index (χ0) is 12.1. The quantitative estimate of drug-likeness (QED) is 0.825. The van der Waals surface area contributed by atoms with E-state index in [-0.39, 0.29) is 18.9 Å². The number of nitrogens with one attached hydrogen (secondary N) is 1. The number of amides is 1. The summed E-state index contributed by atoms with van der Waals surface area (Å²) >= 11 is 7.04. The first-order valence-corrected chi connectivity index (χ1v) is 6.20. The molecule has 6 nitrogen and oxygen atoms in total. The van der Waals surface area contributed by atoms with E-state index in [0.717, 1.165) is 10.7 Å². The van der Waals surface area contributed by atoms with Crippen molar-refractivity contribution >= 4 is 28.8 Å². The smallest absolute Gasteiger partial charge is 0.227 e. The molecule has 0 aromatic carbocycles. The van der Waals surface area contributed by atoms with Crippen molar-refractivity contribution in [2.45, 2.75) is 18.8 Å². The van der Waals surface area contributed by atoms with Crippen LogP contribution in [0.1, 0.15) is 16.5 Å². The number of thiazole rings is 1. The van der Waals surface area contributed by atoms with Crippen LogP contribution in [0.15, 0.2) is 16.3 Å². The van der Waals surface area contributed by atoms with Crippen LogP contribution in [0.4, 0.5) is 0 Å². The highest BCUT2D eigenvalue weighted by atomic mass is 35.5.